The highest BCUT2D eigenvalue weighted by Gasteiger charge is 2.20. The van der Waals surface area contributed by atoms with Crippen molar-refractivity contribution in [2.75, 3.05) is 12.8 Å². The Bertz CT molecular complexity index is 280. The maximum atomic E-state index is 10.3. The number of rotatable bonds is 2. The van der Waals surface area contributed by atoms with E-state index >= 15 is 0 Å². The minimum atomic E-state index is -1.26. The first kappa shape index (κ1) is 7.39. The van der Waals surface area contributed by atoms with Gasteiger partial charge in [0.25, 0.3) is 5.76 Å². The van der Waals surface area contributed by atoms with E-state index < -0.39 is 5.97 Å². The zero-order valence-corrected chi connectivity index (χ0v) is 5.70. The third-order valence-corrected chi connectivity index (χ3v) is 1.07. The predicted octanol–water partition coefficient (Wildman–Crippen LogP) is -0.0364. The average Bonchev–Trinajstić information content (AvgIpc) is 2.30. The van der Waals surface area contributed by atoms with E-state index in [1.165, 1.54) is 7.11 Å². The molecule has 60 valence electrons. The molecule has 0 aliphatic rings. The summed E-state index contributed by atoms with van der Waals surface area (Å²) in [4.78, 5) is 10.3. The van der Waals surface area contributed by atoms with Gasteiger partial charge in [0, 0.05) is 0 Å². The molecule has 11 heavy (non-hydrogen) atoms. The van der Waals surface area contributed by atoms with Gasteiger partial charge in [0.05, 0.1) is 7.11 Å². The molecule has 1 aromatic heterocycles. The second-order valence-corrected chi connectivity index (χ2v) is 1.74. The SMILES string of the molecule is COc1c(N)noc1C(=O)O. The molecule has 0 amide bonds. The average molecular weight is 158 g/mol. The topological polar surface area (TPSA) is 98.6 Å². The van der Waals surface area contributed by atoms with Gasteiger partial charge in [0.2, 0.25) is 11.6 Å². The zero-order chi connectivity index (χ0) is 8.43. The van der Waals surface area contributed by atoms with Crippen LogP contribution in [0.2, 0.25) is 0 Å². The minimum Gasteiger partial charge on any atom is -0.489 e. The number of anilines is 1. The lowest BCUT2D eigenvalue weighted by molar-refractivity contribution is 0.0647. The number of carbonyl (C=O) groups is 1. The fourth-order valence-corrected chi connectivity index (χ4v) is 0.627. The van der Waals surface area contributed by atoms with E-state index in [4.69, 9.17) is 10.8 Å². The van der Waals surface area contributed by atoms with Gasteiger partial charge in [-0.15, -0.1) is 0 Å². The molecule has 0 aliphatic carbocycles. The highest BCUT2D eigenvalue weighted by molar-refractivity contribution is 5.89. The van der Waals surface area contributed by atoms with Crippen LogP contribution >= 0.6 is 0 Å². The Kier molecular flexibility index (Phi) is 1.67. The van der Waals surface area contributed by atoms with Crippen LogP contribution in [0.5, 0.6) is 5.75 Å². The van der Waals surface area contributed by atoms with Crippen LogP contribution in [0.25, 0.3) is 0 Å². The van der Waals surface area contributed by atoms with Gasteiger partial charge in [-0.2, -0.15) is 0 Å². The van der Waals surface area contributed by atoms with Gasteiger partial charge in [0.1, 0.15) is 0 Å². The van der Waals surface area contributed by atoms with Gasteiger partial charge >= 0.3 is 5.97 Å². The van der Waals surface area contributed by atoms with E-state index in [1.54, 1.807) is 0 Å². The number of aromatic carboxylic acids is 1. The molecule has 0 atom stereocenters. The molecule has 6 nitrogen and oxygen atoms in total. The molecule has 0 unspecified atom stereocenters. The van der Waals surface area contributed by atoms with Crippen LogP contribution in [-0.2, 0) is 0 Å². The Morgan fingerprint density at radius 2 is 2.45 bits per heavy atom. The summed E-state index contributed by atoms with van der Waals surface area (Å²) in [5.41, 5.74) is 5.20. The Labute approximate surface area is 61.5 Å². The molecule has 0 bridgehead atoms. The molecule has 6 heteroatoms. The summed E-state index contributed by atoms with van der Waals surface area (Å²) in [6.45, 7) is 0. The van der Waals surface area contributed by atoms with Crippen LogP contribution in [0, 0.1) is 0 Å². The number of hydrogen-bond donors (Lipinski definition) is 2. The molecule has 1 rings (SSSR count). The Morgan fingerprint density at radius 1 is 1.82 bits per heavy atom. The molecule has 0 aliphatic heterocycles. The second-order valence-electron chi connectivity index (χ2n) is 1.74. The highest BCUT2D eigenvalue weighted by Crippen LogP contribution is 2.24. The lowest BCUT2D eigenvalue weighted by atomic mass is 10.4. The second kappa shape index (κ2) is 2.49. The third-order valence-electron chi connectivity index (χ3n) is 1.07. The lowest BCUT2D eigenvalue weighted by Gasteiger charge is -1.93. The van der Waals surface area contributed by atoms with Crippen molar-refractivity contribution < 1.29 is 19.2 Å². The van der Waals surface area contributed by atoms with Gasteiger partial charge in [-0.1, -0.05) is 5.16 Å². The number of ether oxygens (including phenoxy) is 1. The number of hydrogen-bond acceptors (Lipinski definition) is 5. The Morgan fingerprint density at radius 3 is 2.82 bits per heavy atom. The highest BCUT2D eigenvalue weighted by atomic mass is 16.5. The largest absolute Gasteiger partial charge is 0.489 e. The van der Waals surface area contributed by atoms with Crippen molar-refractivity contribution in [3.05, 3.63) is 5.76 Å². The summed E-state index contributed by atoms with van der Waals surface area (Å²) >= 11 is 0. The molecule has 1 aromatic rings. The molecule has 0 saturated carbocycles. The molecular formula is C5H6N2O4. The molecular weight excluding hydrogens is 152 g/mol. The van der Waals surface area contributed by atoms with E-state index in [0.717, 1.165) is 0 Å². The number of nitrogens with zero attached hydrogens (tertiary/aromatic N) is 1. The smallest absolute Gasteiger partial charge is 0.378 e. The van der Waals surface area contributed by atoms with Crippen LogP contribution in [0.15, 0.2) is 4.52 Å². The van der Waals surface area contributed by atoms with Crippen molar-refractivity contribution in [3.8, 4) is 5.75 Å². The van der Waals surface area contributed by atoms with Crippen molar-refractivity contribution in [3.63, 3.8) is 0 Å². The van der Waals surface area contributed by atoms with Crippen LogP contribution in [0.4, 0.5) is 5.82 Å². The van der Waals surface area contributed by atoms with Crippen molar-refractivity contribution in [1.82, 2.24) is 5.16 Å². The van der Waals surface area contributed by atoms with Gasteiger partial charge in [0.15, 0.2) is 0 Å². The lowest BCUT2D eigenvalue weighted by Crippen LogP contribution is -1.98. The van der Waals surface area contributed by atoms with Gasteiger partial charge in [-0.3, -0.25) is 0 Å². The van der Waals surface area contributed by atoms with Gasteiger partial charge in [-0.05, 0) is 0 Å². The summed E-state index contributed by atoms with van der Waals surface area (Å²) in [7, 11) is 1.29. The number of carboxylic acids is 1. The molecule has 1 heterocycles. The van der Waals surface area contributed by atoms with E-state index in [2.05, 4.69) is 14.4 Å². The third kappa shape index (κ3) is 1.09. The predicted molar refractivity (Wildman–Crippen MR) is 34.4 cm³/mol. The maximum absolute atomic E-state index is 10.3. The minimum absolute atomic E-state index is 0.0440. The molecule has 0 saturated heterocycles. The fourth-order valence-electron chi connectivity index (χ4n) is 0.627. The number of aromatic nitrogens is 1. The number of carboxylic acid groups (broad SMARTS) is 1. The first-order valence-electron chi connectivity index (χ1n) is 2.69. The summed E-state index contributed by atoms with van der Waals surface area (Å²) in [5.74, 6) is -1.75. The molecule has 3 N–H and O–H groups in total. The summed E-state index contributed by atoms with van der Waals surface area (Å²) < 4.78 is 8.96. The van der Waals surface area contributed by atoms with Crippen LogP contribution in [0.3, 0.4) is 0 Å². The Balaban J connectivity index is 3.15. The van der Waals surface area contributed by atoms with Crippen LogP contribution in [0.1, 0.15) is 10.6 Å². The summed E-state index contributed by atoms with van der Waals surface area (Å²) in [5, 5.41) is 11.6. The molecule has 0 aromatic carbocycles. The zero-order valence-electron chi connectivity index (χ0n) is 5.70. The molecule has 0 fully saturated rings. The number of nitrogens with two attached hydrogens (primary N) is 1. The van der Waals surface area contributed by atoms with Crippen molar-refractivity contribution in [1.29, 1.82) is 0 Å². The van der Waals surface area contributed by atoms with E-state index in [9.17, 15) is 4.79 Å². The van der Waals surface area contributed by atoms with E-state index in [1.807, 2.05) is 0 Å². The first-order valence-corrected chi connectivity index (χ1v) is 2.69. The summed E-state index contributed by atoms with van der Waals surface area (Å²) in [6, 6.07) is 0. The van der Waals surface area contributed by atoms with Crippen molar-refractivity contribution in [2.24, 2.45) is 0 Å². The van der Waals surface area contributed by atoms with Gasteiger partial charge in [-0.25, -0.2) is 4.79 Å². The van der Waals surface area contributed by atoms with E-state index in [0.29, 0.717) is 0 Å². The van der Waals surface area contributed by atoms with Crippen molar-refractivity contribution >= 4 is 11.8 Å². The number of methoxy groups -OCH3 is 1. The quantitative estimate of drug-likeness (QED) is 0.626. The summed E-state index contributed by atoms with van der Waals surface area (Å²) in [6.07, 6.45) is 0. The first-order chi connectivity index (χ1) is 5.16. The molecule has 0 radical (unpaired) electrons. The van der Waals surface area contributed by atoms with Crippen LogP contribution in [-0.4, -0.2) is 23.3 Å². The van der Waals surface area contributed by atoms with Crippen LogP contribution < -0.4 is 10.5 Å². The van der Waals surface area contributed by atoms with Crippen molar-refractivity contribution in [2.45, 2.75) is 0 Å². The normalized spacial score (nSPS) is 9.55. The van der Waals surface area contributed by atoms with E-state index in [-0.39, 0.29) is 17.3 Å². The fraction of sp³-hybridized carbons (Fsp3) is 0.200. The Hall–Kier alpha value is -1.72. The standard InChI is InChI=1S/C5H6N2O4/c1-10-2-3(5(8)9)11-7-4(2)6/h1H3,(H2,6,7)(H,8,9). The van der Waals surface area contributed by atoms with Gasteiger partial charge < -0.3 is 20.1 Å². The number of nitrogen functional groups attached to an aromatic ring is 1. The maximum Gasteiger partial charge on any atom is 0.378 e. The molecule has 0 spiro atoms. The monoisotopic (exact) mass is 158 g/mol.